The Morgan fingerprint density at radius 1 is 1.00 bits per heavy atom. The lowest BCUT2D eigenvalue weighted by atomic mass is 10.1. The van der Waals surface area contributed by atoms with E-state index in [0.29, 0.717) is 0 Å². The molecule has 0 radical (unpaired) electrons. The fraction of sp³-hybridized carbons (Fsp3) is 0.269. The van der Waals surface area contributed by atoms with Crippen molar-refractivity contribution in [3.8, 4) is 0 Å². The Kier molecular flexibility index (Phi) is 7.57. The minimum atomic E-state index is 0.860. The summed E-state index contributed by atoms with van der Waals surface area (Å²) in [4.78, 5) is 0. The van der Waals surface area contributed by atoms with Crippen LogP contribution in [-0.2, 0) is 0 Å². The van der Waals surface area contributed by atoms with E-state index in [1.165, 1.54) is 16.7 Å². The molecule has 0 bridgehead atoms. The van der Waals surface area contributed by atoms with Gasteiger partial charge in [-0.2, -0.15) is 5.10 Å². The molecule has 2 rings (SSSR count). The molecular weight excluding hydrogens is 340 g/mol. The van der Waals surface area contributed by atoms with Crippen molar-refractivity contribution in [2.45, 2.75) is 48.0 Å². The zero-order valence-corrected chi connectivity index (χ0v) is 18.1. The Bertz CT molecular complexity index is 912. The first-order valence-corrected chi connectivity index (χ1v) is 9.84. The van der Waals surface area contributed by atoms with Gasteiger partial charge in [0, 0.05) is 5.70 Å². The molecule has 0 saturated carbocycles. The lowest BCUT2D eigenvalue weighted by molar-refractivity contribution is 0.974. The lowest BCUT2D eigenvalue weighted by Gasteiger charge is -2.24. The molecular formula is C26H32N2. The second kappa shape index (κ2) is 9.89. The third kappa shape index (κ3) is 5.82. The summed E-state index contributed by atoms with van der Waals surface area (Å²) in [5.74, 6) is 0. The van der Waals surface area contributed by atoms with Crippen molar-refractivity contribution in [1.29, 1.82) is 0 Å². The molecule has 28 heavy (non-hydrogen) atoms. The Morgan fingerprint density at radius 3 is 2.21 bits per heavy atom. The number of anilines is 1. The number of rotatable bonds is 7. The maximum Gasteiger partial charge on any atom is 0.0683 e. The fourth-order valence-electron chi connectivity index (χ4n) is 2.99. The smallest absolute Gasteiger partial charge is 0.0683 e. The maximum absolute atomic E-state index is 5.08. The molecule has 2 aromatic rings. The first kappa shape index (κ1) is 21.4. The van der Waals surface area contributed by atoms with E-state index in [4.69, 9.17) is 5.10 Å². The normalized spacial score (nSPS) is 12.5. The molecule has 0 aromatic heterocycles. The number of hydrogen-bond donors (Lipinski definition) is 0. The molecule has 0 saturated heterocycles. The lowest BCUT2D eigenvalue weighted by Crippen LogP contribution is -2.18. The van der Waals surface area contributed by atoms with Crippen LogP contribution in [0.25, 0.3) is 0 Å². The van der Waals surface area contributed by atoms with Crippen LogP contribution in [0.3, 0.4) is 0 Å². The highest BCUT2D eigenvalue weighted by Crippen LogP contribution is 2.26. The minimum Gasteiger partial charge on any atom is -0.238 e. The zero-order chi connectivity index (χ0) is 20.7. The topological polar surface area (TPSA) is 15.6 Å². The van der Waals surface area contributed by atoms with E-state index in [0.717, 1.165) is 34.7 Å². The van der Waals surface area contributed by atoms with Gasteiger partial charge >= 0.3 is 0 Å². The number of aryl methyl sites for hydroxylation is 3. The molecule has 0 atom stereocenters. The highest BCUT2D eigenvalue weighted by Gasteiger charge is 2.12. The number of allylic oxidation sites excluding steroid dienone is 5. The Labute approximate surface area is 170 Å². The van der Waals surface area contributed by atoms with Crippen LogP contribution in [0, 0.1) is 20.8 Å². The molecule has 2 heteroatoms. The summed E-state index contributed by atoms with van der Waals surface area (Å²) in [5.41, 5.74) is 9.13. The van der Waals surface area contributed by atoms with Crippen LogP contribution in [0.5, 0.6) is 0 Å². The number of nitrogens with zero attached hydrogens (tertiary/aromatic N) is 2. The van der Waals surface area contributed by atoms with Gasteiger partial charge < -0.3 is 0 Å². The van der Waals surface area contributed by atoms with E-state index in [-0.39, 0.29) is 0 Å². The Balaban J connectivity index is 2.55. The second-order valence-corrected chi connectivity index (χ2v) is 7.38. The average molecular weight is 373 g/mol. The van der Waals surface area contributed by atoms with Gasteiger partial charge in [-0.05, 0) is 64.3 Å². The molecule has 0 unspecified atom stereocenters. The van der Waals surface area contributed by atoms with Gasteiger partial charge in [-0.1, -0.05) is 78.8 Å². The number of benzene rings is 2. The minimum absolute atomic E-state index is 0.860. The highest BCUT2D eigenvalue weighted by atomic mass is 15.5. The van der Waals surface area contributed by atoms with E-state index in [1.54, 1.807) is 0 Å². The fourth-order valence-corrected chi connectivity index (χ4v) is 2.99. The molecule has 0 heterocycles. The van der Waals surface area contributed by atoms with Gasteiger partial charge in [-0.3, -0.25) is 0 Å². The third-order valence-electron chi connectivity index (χ3n) is 4.57. The van der Waals surface area contributed by atoms with Crippen LogP contribution in [0.15, 0.2) is 83.6 Å². The third-order valence-corrected chi connectivity index (χ3v) is 4.57. The monoisotopic (exact) mass is 372 g/mol. The van der Waals surface area contributed by atoms with Gasteiger partial charge in [0.15, 0.2) is 0 Å². The van der Waals surface area contributed by atoms with Crippen molar-refractivity contribution in [3.63, 3.8) is 0 Å². The Hall–Kier alpha value is -2.87. The highest BCUT2D eigenvalue weighted by molar-refractivity contribution is 6.01. The van der Waals surface area contributed by atoms with E-state index < -0.39 is 0 Å². The van der Waals surface area contributed by atoms with Crippen molar-refractivity contribution in [1.82, 2.24) is 0 Å². The van der Waals surface area contributed by atoms with E-state index in [2.05, 4.69) is 94.7 Å². The summed E-state index contributed by atoms with van der Waals surface area (Å²) in [6, 6.07) is 15.1. The van der Waals surface area contributed by atoms with Gasteiger partial charge in [0.1, 0.15) is 0 Å². The SMILES string of the molecule is C=C(C)/C=C\C=C(/C)N(/N=C(\CC)c1ccc(C)cc1)c1ccc(C)cc1C. The molecule has 0 aliphatic heterocycles. The molecule has 2 aromatic carbocycles. The molecule has 146 valence electrons. The van der Waals surface area contributed by atoms with E-state index >= 15 is 0 Å². The van der Waals surface area contributed by atoms with Crippen LogP contribution in [0.4, 0.5) is 5.69 Å². The second-order valence-electron chi connectivity index (χ2n) is 7.38. The van der Waals surface area contributed by atoms with Crippen molar-refractivity contribution in [2.75, 3.05) is 5.01 Å². The summed E-state index contributed by atoms with van der Waals surface area (Å²) in [7, 11) is 0. The van der Waals surface area contributed by atoms with Crippen molar-refractivity contribution >= 4 is 11.4 Å². The predicted molar refractivity (Wildman–Crippen MR) is 124 cm³/mol. The van der Waals surface area contributed by atoms with Gasteiger partial charge in [-0.25, -0.2) is 5.01 Å². The largest absolute Gasteiger partial charge is 0.238 e. The molecule has 0 aliphatic rings. The maximum atomic E-state index is 5.08. The Morgan fingerprint density at radius 2 is 1.64 bits per heavy atom. The molecule has 0 spiro atoms. The van der Waals surface area contributed by atoms with Crippen LogP contribution in [0.1, 0.15) is 49.4 Å². The molecule has 0 amide bonds. The number of hydrazone groups is 1. The average Bonchev–Trinajstić information content (AvgIpc) is 2.64. The zero-order valence-electron chi connectivity index (χ0n) is 18.1. The summed E-state index contributed by atoms with van der Waals surface area (Å²) in [6.07, 6.45) is 6.98. The summed E-state index contributed by atoms with van der Waals surface area (Å²) in [5, 5.41) is 7.13. The van der Waals surface area contributed by atoms with Crippen molar-refractivity contribution < 1.29 is 0 Å². The summed E-state index contributed by atoms with van der Waals surface area (Å²) < 4.78 is 0. The summed E-state index contributed by atoms with van der Waals surface area (Å²) in [6.45, 7) is 16.5. The van der Waals surface area contributed by atoms with E-state index in [9.17, 15) is 0 Å². The summed E-state index contributed by atoms with van der Waals surface area (Å²) >= 11 is 0. The predicted octanol–water partition coefficient (Wildman–Crippen LogP) is 7.27. The van der Waals surface area contributed by atoms with E-state index in [1.807, 2.05) is 19.1 Å². The van der Waals surface area contributed by atoms with Gasteiger partial charge in [0.05, 0.1) is 11.4 Å². The molecule has 0 aliphatic carbocycles. The van der Waals surface area contributed by atoms with Crippen LogP contribution >= 0.6 is 0 Å². The van der Waals surface area contributed by atoms with Crippen molar-refractivity contribution in [2.24, 2.45) is 5.10 Å². The first-order valence-electron chi connectivity index (χ1n) is 9.84. The standard InChI is InChI=1S/C26H32N2/c1-8-25(24-15-12-20(4)13-16-24)27-28(23(7)11-9-10-19(2)3)26-17-14-21(5)18-22(26)6/h9-18H,2,8H2,1,3-7H3/b10-9-,23-11+,27-25+. The first-order chi connectivity index (χ1) is 13.3. The quantitative estimate of drug-likeness (QED) is 0.283. The molecule has 2 nitrogen and oxygen atoms in total. The van der Waals surface area contributed by atoms with Crippen molar-refractivity contribution in [3.05, 3.63) is 101 Å². The van der Waals surface area contributed by atoms with Gasteiger partial charge in [-0.15, -0.1) is 0 Å². The van der Waals surface area contributed by atoms with Crippen LogP contribution in [0.2, 0.25) is 0 Å². The van der Waals surface area contributed by atoms with Gasteiger partial charge in [0.25, 0.3) is 0 Å². The molecule has 0 fully saturated rings. The molecule has 0 N–H and O–H groups in total. The van der Waals surface area contributed by atoms with Crippen LogP contribution < -0.4 is 5.01 Å². The number of hydrogen-bond acceptors (Lipinski definition) is 2. The van der Waals surface area contributed by atoms with Gasteiger partial charge in [0.2, 0.25) is 0 Å². The van der Waals surface area contributed by atoms with Crippen LogP contribution in [-0.4, -0.2) is 5.71 Å².